The Hall–Kier alpha value is -4.80. The maximum absolute atomic E-state index is 11.2. The van der Waals surface area contributed by atoms with Gasteiger partial charge in [-0.1, -0.05) is 24.3 Å². The molecule has 4 aromatic rings. The number of rotatable bonds is 8. The molecule has 0 amide bonds. The second kappa shape index (κ2) is 11.7. The van der Waals surface area contributed by atoms with Gasteiger partial charge in [-0.05, 0) is 47.5 Å². The summed E-state index contributed by atoms with van der Waals surface area (Å²) in [4.78, 5) is 4.72. The van der Waals surface area contributed by atoms with Crippen molar-refractivity contribution in [3.63, 3.8) is 0 Å². The maximum Gasteiger partial charge on any atom is 0.231 e. The number of fused-ring (bicyclic) bond motifs is 2. The number of benzene rings is 4. The van der Waals surface area contributed by atoms with Crippen molar-refractivity contribution in [1.29, 1.82) is 0 Å². The summed E-state index contributed by atoms with van der Waals surface area (Å²) in [5.74, 6) is 4.14. The highest BCUT2D eigenvalue weighted by Crippen LogP contribution is 2.46. The second-order valence-electron chi connectivity index (χ2n) is 11.0. The first kappa shape index (κ1) is 28.0. The molecule has 3 heterocycles. The fraction of sp³-hybridized carbons (Fsp3) is 0.294. The van der Waals surface area contributed by atoms with E-state index in [1.165, 1.54) is 0 Å². The monoisotopic (exact) mass is 598 g/mol. The number of aromatic hydroxyl groups is 2. The minimum atomic E-state index is -0.240. The number of hydrogen-bond donors (Lipinski definition) is 2. The Morgan fingerprint density at radius 3 is 1.23 bits per heavy atom. The molecule has 0 saturated carbocycles. The first-order valence-corrected chi connectivity index (χ1v) is 14.5. The Bertz CT molecular complexity index is 1510. The number of piperazine rings is 1. The van der Waals surface area contributed by atoms with E-state index in [-0.39, 0.29) is 37.2 Å². The second-order valence-corrected chi connectivity index (χ2v) is 11.0. The topological polar surface area (TPSA) is 102 Å². The summed E-state index contributed by atoms with van der Waals surface area (Å²) >= 11 is 0. The summed E-state index contributed by atoms with van der Waals surface area (Å²) in [7, 11) is 3.29. The van der Waals surface area contributed by atoms with Gasteiger partial charge in [-0.2, -0.15) is 0 Å². The lowest BCUT2D eigenvalue weighted by Crippen LogP contribution is -2.49. The minimum Gasteiger partial charge on any atom is -0.507 e. The fourth-order valence-electron chi connectivity index (χ4n) is 6.33. The van der Waals surface area contributed by atoms with Gasteiger partial charge >= 0.3 is 0 Å². The molecule has 2 atom stereocenters. The molecular formula is C34H34N2O8. The number of hydrogen-bond acceptors (Lipinski definition) is 10. The Morgan fingerprint density at radius 2 is 0.886 bits per heavy atom. The molecule has 10 nitrogen and oxygen atoms in total. The third-order valence-corrected chi connectivity index (χ3v) is 8.58. The molecule has 3 aliphatic heterocycles. The van der Waals surface area contributed by atoms with Gasteiger partial charge in [-0.25, -0.2) is 0 Å². The van der Waals surface area contributed by atoms with Crippen LogP contribution in [0.25, 0.3) is 0 Å². The van der Waals surface area contributed by atoms with E-state index in [1.807, 2.05) is 60.7 Å². The van der Waals surface area contributed by atoms with E-state index >= 15 is 0 Å². The van der Waals surface area contributed by atoms with Crippen molar-refractivity contribution in [3.05, 3.63) is 95.1 Å². The summed E-state index contributed by atoms with van der Waals surface area (Å²) in [6.07, 6.45) is 0. The molecule has 0 aliphatic carbocycles. The van der Waals surface area contributed by atoms with Gasteiger partial charge in [-0.3, -0.25) is 9.80 Å². The van der Waals surface area contributed by atoms with Crippen molar-refractivity contribution in [2.45, 2.75) is 12.1 Å². The van der Waals surface area contributed by atoms with Gasteiger partial charge in [-0.15, -0.1) is 0 Å². The van der Waals surface area contributed by atoms with Crippen LogP contribution in [0, 0.1) is 0 Å². The van der Waals surface area contributed by atoms with Crippen molar-refractivity contribution in [2.75, 3.05) is 54.0 Å². The molecule has 10 heteroatoms. The Kier molecular flexibility index (Phi) is 7.45. The first-order valence-electron chi connectivity index (χ1n) is 14.5. The van der Waals surface area contributed by atoms with Crippen molar-refractivity contribution < 1.29 is 38.6 Å². The van der Waals surface area contributed by atoms with Gasteiger partial charge in [0.1, 0.15) is 23.0 Å². The number of ether oxygens (including phenoxy) is 6. The summed E-state index contributed by atoms with van der Waals surface area (Å²) < 4.78 is 33.2. The third kappa shape index (κ3) is 5.16. The molecule has 228 valence electrons. The van der Waals surface area contributed by atoms with Crippen molar-refractivity contribution in [3.8, 4) is 46.0 Å². The average Bonchev–Trinajstić information content (AvgIpc) is 3.71. The van der Waals surface area contributed by atoms with Crippen LogP contribution in [-0.4, -0.2) is 74.0 Å². The van der Waals surface area contributed by atoms with Crippen LogP contribution in [0.1, 0.15) is 34.3 Å². The van der Waals surface area contributed by atoms with E-state index in [4.69, 9.17) is 28.4 Å². The molecule has 0 bridgehead atoms. The molecule has 7 rings (SSSR count). The van der Waals surface area contributed by atoms with Crippen LogP contribution in [0.3, 0.4) is 0 Å². The summed E-state index contributed by atoms with van der Waals surface area (Å²) in [6.45, 7) is 3.04. The third-order valence-electron chi connectivity index (χ3n) is 8.58. The molecule has 2 N–H and O–H groups in total. The average molecular weight is 599 g/mol. The largest absolute Gasteiger partial charge is 0.507 e. The standard InChI is InChI=1S/C34H34N2O8/c1-39-23-7-3-21(4-8-23)33(25-15-29-31(17-27(25)37)43-19-41-29)35-11-13-36(14-12-35)34(22-5-9-24(40-2)10-6-22)26-16-30-32(18-28(26)38)44-20-42-30/h3-10,15-18,33-34,37-38H,11-14,19-20H2,1-2H3. The summed E-state index contributed by atoms with van der Waals surface area (Å²) in [5.41, 5.74) is 3.53. The number of nitrogens with zero attached hydrogens (tertiary/aromatic N) is 2. The van der Waals surface area contributed by atoms with Crippen LogP contribution < -0.4 is 28.4 Å². The van der Waals surface area contributed by atoms with Crippen LogP contribution in [0.15, 0.2) is 72.8 Å². The molecular weight excluding hydrogens is 564 g/mol. The number of phenols is 2. The quantitative estimate of drug-likeness (QED) is 0.286. The zero-order chi connectivity index (χ0) is 30.2. The number of methoxy groups -OCH3 is 2. The Balaban J connectivity index is 1.22. The van der Waals surface area contributed by atoms with Crippen LogP contribution >= 0.6 is 0 Å². The van der Waals surface area contributed by atoms with Crippen LogP contribution in [0.2, 0.25) is 0 Å². The van der Waals surface area contributed by atoms with E-state index in [0.29, 0.717) is 49.2 Å². The van der Waals surface area contributed by atoms with Crippen LogP contribution in [-0.2, 0) is 0 Å². The molecule has 1 saturated heterocycles. The molecule has 2 unspecified atom stereocenters. The van der Waals surface area contributed by atoms with E-state index in [1.54, 1.807) is 26.4 Å². The van der Waals surface area contributed by atoms with Crippen LogP contribution in [0.4, 0.5) is 0 Å². The van der Waals surface area contributed by atoms with Gasteiger partial charge < -0.3 is 38.6 Å². The van der Waals surface area contributed by atoms with Gasteiger partial charge in [0.15, 0.2) is 23.0 Å². The zero-order valence-corrected chi connectivity index (χ0v) is 24.6. The van der Waals surface area contributed by atoms with Crippen molar-refractivity contribution >= 4 is 0 Å². The predicted molar refractivity (Wildman–Crippen MR) is 161 cm³/mol. The van der Waals surface area contributed by atoms with Crippen molar-refractivity contribution in [1.82, 2.24) is 9.80 Å². The lowest BCUT2D eigenvalue weighted by Gasteiger charge is -2.43. The SMILES string of the molecule is COc1ccc(C(c2cc3c(cc2O)OCO3)N2CCN(C(c3ccc(OC)cc3)c3cc4c(cc3O)OCO4)CC2)cc1. The highest BCUT2D eigenvalue weighted by atomic mass is 16.7. The fourth-order valence-corrected chi connectivity index (χ4v) is 6.33. The molecule has 1 fully saturated rings. The Morgan fingerprint density at radius 1 is 0.545 bits per heavy atom. The number of phenolic OH excluding ortho intramolecular Hbond substituents is 2. The molecule has 4 aromatic carbocycles. The highest BCUT2D eigenvalue weighted by Gasteiger charge is 2.34. The smallest absolute Gasteiger partial charge is 0.231 e. The zero-order valence-electron chi connectivity index (χ0n) is 24.6. The van der Waals surface area contributed by atoms with E-state index < -0.39 is 0 Å². The van der Waals surface area contributed by atoms with E-state index in [2.05, 4.69) is 9.80 Å². The van der Waals surface area contributed by atoms with Crippen molar-refractivity contribution in [2.24, 2.45) is 0 Å². The molecule has 0 aromatic heterocycles. The lowest BCUT2D eigenvalue weighted by atomic mass is 9.93. The molecule has 0 spiro atoms. The van der Waals surface area contributed by atoms with Crippen LogP contribution in [0.5, 0.6) is 46.0 Å². The van der Waals surface area contributed by atoms with E-state index in [9.17, 15) is 10.2 Å². The molecule has 3 aliphatic rings. The summed E-state index contributed by atoms with van der Waals surface area (Å²) in [5, 5.41) is 22.3. The first-order chi connectivity index (χ1) is 21.5. The van der Waals surface area contributed by atoms with Gasteiger partial charge in [0.2, 0.25) is 13.6 Å². The lowest BCUT2D eigenvalue weighted by molar-refractivity contribution is 0.0882. The highest BCUT2D eigenvalue weighted by molar-refractivity contribution is 5.55. The van der Waals surface area contributed by atoms with E-state index in [0.717, 1.165) is 33.8 Å². The Labute approximate surface area is 255 Å². The van der Waals surface area contributed by atoms with Gasteiger partial charge in [0.05, 0.1) is 26.3 Å². The molecule has 44 heavy (non-hydrogen) atoms. The minimum absolute atomic E-state index is 0.129. The predicted octanol–water partition coefficient (Wildman–Crippen LogP) is 5.07. The molecule has 0 radical (unpaired) electrons. The van der Waals surface area contributed by atoms with Gasteiger partial charge in [0.25, 0.3) is 0 Å². The maximum atomic E-state index is 11.2. The summed E-state index contributed by atoms with van der Waals surface area (Å²) in [6, 6.07) is 22.4. The normalized spacial score (nSPS) is 17.3. The van der Waals surface area contributed by atoms with Gasteiger partial charge in [0, 0.05) is 49.4 Å².